The van der Waals surface area contributed by atoms with Crippen LogP contribution in [0.4, 0.5) is 0 Å². The number of hydrogen-bond acceptors (Lipinski definition) is 3. The molecule has 2 amide bonds. The highest BCUT2D eigenvalue weighted by atomic mass is 16.5. The average Bonchev–Trinajstić information content (AvgIpc) is 2.76. The van der Waals surface area contributed by atoms with E-state index in [2.05, 4.69) is 39.9 Å². The number of hydrogen-bond donors (Lipinski definition) is 1. The summed E-state index contributed by atoms with van der Waals surface area (Å²) in [6.07, 6.45) is 0.528. The third-order valence-corrected chi connectivity index (χ3v) is 5.59. The lowest BCUT2D eigenvalue weighted by molar-refractivity contribution is -0.143. The molecule has 0 heterocycles. The van der Waals surface area contributed by atoms with Gasteiger partial charge in [-0.3, -0.25) is 9.59 Å². The van der Waals surface area contributed by atoms with Crippen LogP contribution in [-0.2, 0) is 21.5 Å². The highest BCUT2D eigenvalue weighted by molar-refractivity contribution is 5.88. The van der Waals surface area contributed by atoms with E-state index in [1.165, 1.54) is 0 Å². The van der Waals surface area contributed by atoms with Crippen LogP contribution in [0.25, 0.3) is 0 Å². The molecule has 0 aliphatic carbocycles. The highest BCUT2D eigenvalue weighted by Crippen LogP contribution is 2.31. The Morgan fingerprint density at radius 2 is 1.67 bits per heavy atom. The summed E-state index contributed by atoms with van der Waals surface area (Å²) in [5.74, 6) is 0.712. The predicted octanol–water partition coefficient (Wildman–Crippen LogP) is 5.25. The number of rotatable bonds is 10. The number of nitrogens with one attached hydrogen (secondary N) is 1. The van der Waals surface area contributed by atoms with Crippen molar-refractivity contribution in [2.24, 2.45) is 5.92 Å². The summed E-state index contributed by atoms with van der Waals surface area (Å²) in [7, 11) is 0. The van der Waals surface area contributed by atoms with Crippen LogP contribution in [0, 0.1) is 12.8 Å². The van der Waals surface area contributed by atoms with Crippen molar-refractivity contribution in [1.29, 1.82) is 0 Å². The topological polar surface area (TPSA) is 58.6 Å². The number of aryl methyl sites for hydroxylation is 1. The van der Waals surface area contributed by atoms with Crippen LogP contribution in [0.2, 0.25) is 0 Å². The van der Waals surface area contributed by atoms with E-state index in [0.29, 0.717) is 31.2 Å². The van der Waals surface area contributed by atoms with E-state index in [1.807, 2.05) is 62.4 Å². The predicted molar refractivity (Wildman–Crippen MR) is 134 cm³/mol. The normalized spacial score (nSPS) is 12.4. The summed E-state index contributed by atoms with van der Waals surface area (Å²) < 4.78 is 6.01. The number of ether oxygens (including phenoxy) is 1. The van der Waals surface area contributed by atoms with Gasteiger partial charge in [0.25, 0.3) is 5.91 Å². The zero-order valence-electron chi connectivity index (χ0n) is 21.3. The molecule has 0 saturated carbocycles. The maximum Gasteiger partial charge on any atom is 0.261 e. The van der Waals surface area contributed by atoms with Crippen molar-refractivity contribution in [1.82, 2.24) is 10.2 Å². The van der Waals surface area contributed by atoms with E-state index < -0.39 is 6.04 Å². The number of benzene rings is 2. The van der Waals surface area contributed by atoms with Crippen molar-refractivity contribution in [2.45, 2.75) is 72.9 Å². The van der Waals surface area contributed by atoms with Crippen molar-refractivity contribution in [3.63, 3.8) is 0 Å². The van der Waals surface area contributed by atoms with Gasteiger partial charge in [-0.2, -0.15) is 0 Å². The molecule has 0 aliphatic rings. The number of carbonyl (C=O) groups excluding carboxylic acids is 2. The van der Waals surface area contributed by atoms with Gasteiger partial charge in [0.2, 0.25) is 5.91 Å². The van der Waals surface area contributed by atoms with Gasteiger partial charge in [-0.05, 0) is 41.9 Å². The molecule has 1 N–H and O–H groups in total. The summed E-state index contributed by atoms with van der Waals surface area (Å²) in [6, 6.07) is 15.3. The molecule has 180 valence electrons. The van der Waals surface area contributed by atoms with Crippen LogP contribution < -0.4 is 10.1 Å². The molecule has 33 heavy (non-hydrogen) atoms. The Kier molecular flexibility index (Phi) is 9.51. The quantitative estimate of drug-likeness (QED) is 0.536. The summed E-state index contributed by atoms with van der Waals surface area (Å²) in [5, 5.41) is 2.99. The molecule has 0 aliphatic heterocycles. The lowest BCUT2D eigenvalue weighted by Crippen LogP contribution is -2.50. The van der Waals surface area contributed by atoms with Gasteiger partial charge in [0.15, 0.2) is 6.61 Å². The molecule has 0 saturated heterocycles. The van der Waals surface area contributed by atoms with Gasteiger partial charge in [-0.15, -0.1) is 0 Å². The molecule has 5 nitrogen and oxygen atoms in total. The second kappa shape index (κ2) is 11.9. The zero-order chi connectivity index (χ0) is 24.6. The van der Waals surface area contributed by atoms with Crippen LogP contribution >= 0.6 is 0 Å². The average molecular weight is 453 g/mol. The Hall–Kier alpha value is -2.82. The van der Waals surface area contributed by atoms with Crippen molar-refractivity contribution in [3.05, 3.63) is 65.2 Å². The SMILES string of the molecule is CC[C@H](C(=O)NCC(C)C)N(Cc1ccc(C)cc1)C(=O)COc1ccccc1C(C)(C)C. The summed E-state index contributed by atoms with van der Waals surface area (Å²) >= 11 is 0. The van der Waals surface area contributed by atoms with E-state index in [0.717, 1.165) is 16.7 Å². The zero-order valence-corrected chi connectivity index (χ0v) is 21.3. The maximum atomic E-state index is 13.4. The van der Waals surface area contributed by atoms with Crippen LogP contribution in [0.5, 0.6) is 5.75 Å². The first-order valence-corrected chi connectivity index (χ1v) is 11.9. The fourth-order valence-electron chi connectivity index (χ4n) is 3.67. The molecule has 0 aromatic heterocycles. The smallest absolute Gasteiger partial charge is 0.261 e. The Morgan fingerprint density at radius 1 is 1.03 bits per heavy atom. The fourth-order valence-corrected chi connectivity index (χ4v) is 3.67. The van der Waals surface area contributed by atoms with Gasteiger partial charge in [0.1, 0.15) is 11.8 Å². The fraction of sp³-hybridized carbons (Fsp3) is 0.500. The van der Waals surface area contributed by atoms with Gasteiger partial charge in [-0.25, -0.2) is 0 Å². The van der Waals surface area contributed by atoms with E-state index in [-0.39, 0.29) is 23.8 Å². The molecule has 2 rings (SSSR count). The van der Waals surface area contributed by atoms with Crippen molar-refractivity contribution in [3.8, 4) is 5.75 Å². The van der Waals surface area contributed by atoms with Crippen LogP contribution in [0.3, 0.4) is 0 Å². The minimum atomic E-state index is -0.556. The molecule has 5 heteroatoms. The third kappa shape index (κ3) is 7.92. The molecule has 1 atom stereocenters. The second-order valence-corrected chi connectivity index (χ2v) is 10.1. The summed E-state index contributed by atoms with van der Waals surface area (Å²) in [6.45, 7) is 15.2. The molecule has 0 spiro atoms. The Balaban J connectivity index is 2.25. The maximum absolute atomic E-state index is 13.4. The number of nitrogens with zero attached hydrogens (tertiary/aromatic N) is 1. The van der Waals surface area contributed by atoms with Gasteiger partial charge in [0, 0.05) is 13.1 Å². The van der Waals surface area contributed by atoms with Gasteiger partial charge in [-0.1, -0.05) is 89.6 Å². The van der Waals surface area contributed by atoms with Gasteiger partial charge < -0.3 is 15.0 Å². The van der Waals surface area contributed by atoms with Crippen LogP contribution in [0.15, 0.2) is 48.5 Å². The number of carbonyl (C=O) groups is 2. The van der Waals surface area contributed by atoms with Crippen molar-refractivity contribution in [2.75, 3.05) is 13.2 Å². The Bertz CT molecular complexity index is 913. The molecule has 0 radical (unpaired) electrons. The van der Waals surface area contributed by atoms with E-state index >= 15 is 0 Å². The molecule has 0 fully saturated rings. The largest absolute Gasteiger partial charge is 0.483 e. The first-order chi connectivity index (χ1) is 15.5. The molecule has 2 aromatic carbocycles. The highest BCUT2D eigenvalue weighted by Gasteiger charge is 2.29. The molecule has 0 bridgehead atoms. The molecular formula is C28H40N2O3. The molecular weight excluding hydrogens is 412 g/mol. The minimum Gasteiger partial charge on any atom is -0.483 e. The Morgan fingerprint density at radius 3 is 2.24 bits per heavy atom. The van der Waals surface area contributed by atoms with Crippen molar-refractivity contribution >= 4 is 11.8 Å². The Labute approximate surface area is 199 Å². The lowest BCUT2D eigenvalue weighted by atomic mass is 9.86. The monoisotopic (exact) mass is 452 g/mol. The van der Waals surface area contributed by atoms with Crippen molar-refractivity contribution < 1.29 is 14.3 Å². The standard InChI is InChI=1S/C28H40N2O3/c1-8-24(27(32)29-17-20(2)3)30(18-22-15-13-21(4)14-16-22)26(31)19-33-25-12-10-9-11-23(25)28(5,6)7/h9-16,20,24H,8,17-19H2,1-7H3,(H,29,32)/t24-/m1/s1. The minimum absolute atomic E-state index is 0.107. The van der Waals surface area contributed by atoms with Crippen LogP contribution in [-0.4, -0.2) is 35.9 Å². The first kappa shape index (κ1) is 26.4. The van der Waals surface area contributed by atoms with E-state index in [9.17, 15) is 9.59 Å². The van der Waals surface area contributed by atoms with Gasteiger partial charge >= 0.3 is 0 Å². The third-order valence-electron chi connectivity index (χ3n) is 5.59. The summed E-state index contributed by atoms with van der Waals surface area (Å²) in [5.41, 5.74) is 3.08. The van der Waals surface area contributed by atoms with E-state index in [1.54, 1.807) is 4.90 Å². The molecule has 0 unspecified atom stereocenters. The summed E-state index contributed by atoms with van der Waals surface area (Å²) in [4.78, 5) is 28.0. The van der Waals surface area contributed by atoms with Gasteiger partial charge in [0.05, 0.1) is 0 Å². The number of amides is 2. The first-order valence-electron chi connectivity index (χ1n) is 11.9. The lowest BCUT2D eigenvalue weighted by Gasteiger charge is -2.31. The molecule has 2 aromatic rings. The number of para-hydroxylation sites is 1. The van der Waals surface area contributed by atoms with Crippen LogP contribution in [0.1, 0.15) is 64.7 Å². The second-order valence-electron chi connectivity index (χ2n) is 10.1. The van der Waals surface area contributed by atoms with E-state index in [4.69, 9.17) is 4.74 Å².